The van der Waals surface area contributed by atoms with Crippen LogP contribution in [0.25, 0.3) is 0 Å². The van der Waals surface area contributed by atoms with Crippen LogP contribution in [0, 0.1) is 13.8 Å². The minimum absolute atomic E-state index is 0.0895. The molecule has 0 radical (unpaired) electrons. The maximum Gasteiger partial charge on any atom is 0.151 e. The normalized spacial score (nSPS) is 18.4. The summed E-state index contributed by atoms with van der Waals surface area (Å²) in [7, 11) is -3.02. The first kappa shape index (κ1) is 25.5. The monoisotopic (exact) mass is 474 g/mol. The van der Waals surface area contributed by atoms with Crippen molar-refractivity contribution in [3.63, 3.8) is 0 Å². The molecular formula is C26H38N2O4S. The van der Waals surface area contributed by atoms with Crippen LogP contribution >= 0.6 is 0 Å². The highest BCUT2D eigenvalue weighted by molar-refractivity contribution is 7.91. The average Bonchev–Trinajstić information content (AvgIpc) is 3.13. The van der Waals surface area contributed by atoms with Crippen molar-refractivity contribution in [3.8, 4) is 5.75 Å². The zero-order chi connectivity index (χ0) is 24.0. The van der Waals surface area contributed by atoms with Crippen molar-refractivity contribution in [1.82, 2.24) is 4.90 Å². The number of ether oxygens (including phenoxy) is 1. The fraction of sp³-hybridized carbons (Fsp3) is 0.538. The van der Waals surface area contributed by atoms with E-state index in [2.05, 4.69) is 54.0 Å². The molecule has 1 aliphatic rings. The van der Waals surface area contributed by atoms with Crippen molar-refractivity contribution in [2.24, 2.45) is 0 Å². The van der Waals surface area contributed by atoms with Gasteiger partial charge < -0.3 is 14.7 Å². The number of rotatable bonds is 11. The van der Waals surface area contributed by atoms with Crippen LogP contribution in [-0.4, -0.2) is 68.3 Å². The summed E-state index contributed by atoms with van der Waals surface area (Å²) < 4.78 is 30.1. The second kappa shape index (κ2) is 11.4. The standard InChI is InChI=1S/C26H38N2O4S/c1-5-27(6-2)23-9-7-22(8-10-23)16-28(24-11-12-33(30,31)19-24)17-25(29)18-32-26-14-20(3)13-21(4)15-26/h7-10,13-15,24-25,29H,5-6,11-12,16-19H2,1-4H3. The van der Waals surface area contributed by atoms with Gasteiger partial charge in [0, 0.05) is 37.9 Å². The molecule has 2 atom stereocenters. The predicted molar refractivity (Wildman–Crippen MR) is 135 cm³/mol. The third-order valence-electron chi connectivity index (χ3n) is 6.26. The number of aryl methyl sites for hydroxylation is 2. The molecular weight excluding hydrogens is 436 g/mol. The van der Waals surface area contributed by atoms with Gasteiger partial charge >= 0.3 is 0 Å². The molecule has 1 aliphatic heterocycles. The van der Waals surface area contributed by atoms with E-state index in [1.807, 2.05) is 26.0 Å². The van der Waals surface area contributed by atoms with Crippen molar-refractivity contribution >= 4 is 15.5 Å². The van der Waals surface area contributed by atoms with Crippen molar-refractivity contribution < 1.29 is 18.3 Å². The lowest BCUT2D eigenvalue weighted by molar-refractivity contribution is 0.0524. The van der Waals surface area contributed by atoms with Crippen LogP contribution in [-0.2, 0) is 16.4 Å². The Morgan fingerprint density at radius 2 is 1.70 bits per heavy atom. The number of hydrogen-bond acceptors (Lipinski definition) is 6. The number of nitrogens with zero attached hydrogens (tertiary/aromatic N) is 2. The Hall–Kier alpha value is -2.09. The van der Waals surface area contributed by atoms with Crippen LogP contribution in [0.2, 0.25) is 0 Å². The summed E-state index contributed by atoms with van der Waals surface area (Å²) in [5.41, 5.74) is 4.52. The van der Waals surface area contributed by atoms with Crippen LogP contribution in [0.15, 0.2) is 42.5 Å². The maximum atomic E-state index is 12.1. The molecule has 1 saturated heterocycles. The van der Waals surface area contributed by atoms with Crippen molar-refractivity contribution in [2.75, 3.05) is 42.6 Å². The predicted octanol–water partition coefficient (Wildman–Crippen LogP) is 3.58. The Labute approximate surface area is 199 Å². The van der Waals surface area contributed by atoms with E-state index >= 15 is 0 Å². The first-order valence-electron chi connectivity index (χ1n) is 11.9. The van der Waals surface area contributed by atoms with E-state index in [9.17, 15) is 13.5 Å². The van der Waals surface area contributed by atoms with E-state index < -0.39 is 15.9 Å². The highest BCUT2D eigenvalue weighted by Gasteiger charge is 2.33. The van der Waals surface area contributed by atoms with E-state index in [4.69, 9.17) is 4.74 Å². The van der Waals surface area contributed by atoms with Gasteiger partial charge in [-0.05, 0) is 75.1 Å². The second-order valence-electron chi connectivity index (χ2n) is 9.11. The summed E-state index contributed by atoms with van der Waals surface area (Å²) in [6.45, 7) is 11.3. The maximum absolute atomic E-state index is 12.1. The zero-order valence-corrected chi connectivity index (χ0v) is 21.1. The molecule has 0 spiro atoms. The Kier molecular flexibility index (Phi) is 8.79. The van der Waals surface area contributed by atoms with Gasteiger partial charge in [0.05, 0.1) is 11.5 Å². The molecule has 1 fully saturated rings. The van der Waals surface area contributed by atoms with Crippen LogP contribution in [0.5, 0.6) is 5.75 Å². The molecule has 0 aromatic heterocycles. The Bertz CT molecular complexity index is 983. The molecule has 182 valence electrons. The van der Waals surface area contributed by atoms with Gasteiger partial charge in [-0.1, -0.05) is 18.2 Å². The summed E-state index contributed by atoms with van der Waals surface area (Å²) in [5, 5.41) is 10.7. The van der Waals surface area contributed by atoms with Gasteiger partial charge in [-0.25, -0.2) is 8.42 Å². The van der Waals surface area contributed by atoms with Gasteiger partial charge in [0.25, 0.3) is 0 Å². The van der Waals surface area contributed by atoms with Gasteiger partial charge in [-0.15, -0.1) is 0 Å². The zero-order valence-electron chi connectivity index (χ0n) is 20.3. The molecule has 0 saturated carbocycles. The van der Waals surface area contributed by atoms with Gasteiger partial charge in [0.15, 0.2) is 9.84 Å². The van der Waals surface area contributed by atoms with Crippen molar-refractivity contribution in [1.29, 1.82) is 0 Å². The van der Waals surface area contributed by atoms with E-state index in [1.54, 1.807) is 0 Å². The fourth-order valence-corrected chi connectivity index (χ4v) is 6.34. The quantitative estimate of drug-likeness (QED) is 0.537. The lowest BCUT2D eigenvalue weighted by atomic mass is 10.1. The number of benzene rings is 2. The summed E-state index contributed by atoms with van der Waals surface area (Å²) in [6.07, 6.45) is -0.117. The van der Waals surface area contributed by atoms with Crippen LogP contribution < -0.4 is 9.64 Å². The van der Waals surface area contributed by atoms with Crippen LogP contribution in [0.3, 0.4) is 0 Å². The minimum atomic E-state index is -3.02. The van der Waals surface area contributed by atoms with E-state index in [0.717, 1.165) is 35.5 Å². The van der Waals surface area contributed by atoms with Crippen LogP contribution in [0.1, 0.15) is 37.0 Å². The smallest absolute Gasteiger partial charge is 0.151 e. The molecule has 1 heterocycles. The number of hydrogen-bond donors (Lipinski definition) is 1. The molecule has 2 aromatic carbocycles. The van der Waals surface area contributed by atoms with Gasteiger partial charge in [-0.2, -0.15) is 0 Å². The highest BCUT2D eigenvalue weighted by Crippen LogP contribution is 2.23. The largest absolute Gasteiger partial charge is 0.491 e. The van der Waals surface area contributed by atoms with E-state index in [-0.39, 0.29) is 24.2 Å². The SMILES string of the molecule is CCN(CC)c1ccc(CN(CC(O)COc2cc(C)cc(C)c2)C2CCS(=O)(=O)C2)cc1. The molecule has 6 nitrogen and oxygen atoms in total. The minimum Gasteiger partial charge on any atom is -0.491 e. The fourth-order valence-electron chi connectivity index (χ4n) is 4.57. The van der Waals surface area contributed by atoms with Crippen molar-refractivity contribution in [3.05, 3.63) is 59.2 Å². The molecule has 1 N–H and O–H groups in total. The summed E-state index contributed by atoms with van der Waals surface area (Å²) in [6, 6.07) is 14.3. The molecule has 3 rings (SSSR count). The first-order valence-corrected chi connectivity index (χ1v) is 13.7. The summed E-state index contributed by atoms with van der Waals surface area (Å²) in [5.74, 6) is 1.10. The first-order chi connectivity index (χ1) is 15.7. The number of aliphatic hydroxyl groups excluding tert-OH is 1. The number of anilines is 1. The Morgan fingerprint density at radius 3 is 2.24 bits per heavy atom. The Balaban J connectivity index is 1.67. The molecule has 2 aromatic rings. The average molecular weight is 475 g/mol. The molecule has 2 unspecified atom stereocenters. The topological polar surface area (TPSA) is 70.1 Å². The highest BCUT2D eigenvalue weighted by atomic mass is 32.2. The third kappa shape index (κ3) is 7.45. The summed E-state index contributed by atoms with van der Waals surface area (Å²) in [4.78, 5) is 4.39. The molecule has 0 bridgehead atoms. The third-order valence-corrected chi connectivity index (χ3v) is 8.01. The van der Waals surface area contributed by atoms with Crippen LogP contribution in [0.4, 0.5) is 5.69 Å². The van der Waals surface area contributed by atoms with Crippen molar-refractivity contribution in [2.45, 2.75) is 52.8 Å². The molecule has 0 amide bonds. The van der Waals surface area contributed by atoms with Gasteiger partial charge in [0.1, 0.15) is 18.5 Å². The van der Waals surface area contributed by atoms with E-state index in [1.165, 1.54) is 5.69 Å². The Morgan fingerprint density at radius 1 is 1.06 bits per heavy atom. The number of sulfone groups is 1. The lowest BCUT2D eigenvalue weighted by Gasteiger charge is -2.30. The summed E-state index contributed by atoms with van der Waals surface area (Å²) >= 11 is 0. The van der Waals surface area contributed by atoms with E-state index in [0.29, 0.717) is 19.5 Å². The van der Waals surface area contributed by atoms with Gasteiger partial charge in [0.2, 0.25) is 0 Å². The van der Waals surface area contributed by atoms with Gasteiger partial charge in [-0.3, -0.25) is 4.90 Å². The second-order valence-corrected chi connectivity index (χ2v) is 11.3. The lowest BCUT2D eigenvalue weighted by Crippen LogP contribution is -2.42. The molecule has 7 heteroatoms. The molecule has 33 heavy (non-hydrogen) atoms. The number of aliphatic hydroxyl groups is 1. The molecule has 0 aliphatic carbocycles.